The number of carbonyl (C=O) groups is 2. The number of hydrogen-bond acceptors (Lipinski definition) is 11. The van der Waals surface area contributed by atoms with Crippen LogP contribution in [0, 0.1) is 17.8 Å². The molecule has 0 radical (unpaired) electrons. The van der Waals surface area contributed by atoms with Gasteiger partial charge in [-0.1, -0.05) is 48.0 Å². The van der Waals surface area contributed by atoms with Gasteiger partial charge in [-0.05, 0) is 68.2 Å². The van der Waals surface area contributed by atoms with Crippen LogP contribution in [0.1, 0.15) is 90.4 Å². The lowest BCUT2D eigenvalue weighted by Gasteiger charge is -2.58. The Kier molecular flexibility index (Phi) is 12.1. The zero-order valence-electron chi connectivity index (χ0n) is 28.3. The van der Waals surface area contributed by atoms with E-state index in [1.165, 1.54) is 0 Å². The van der Waals surface area contributed by atoms with Crippen molar-refractivity contribution in [1.29, 1.82) is 0 Å². The number of ether oxygens (including phenoxy) is 3. The third-order valence-corrected chi connectivity index (χ3v) is 9.71. The molecule has 270 valence electrons. The van der Waals surface area contributed by atoms with Crippen LogP contribution in [0.3, 0.4) is 0 Å². The van der Waals surface area contributed by atoms with E-state index in [1.54, 1.807) is 31.2 Å². The van der Waals surface area contributed by atoms with Crippen molar-refractivity contribution in [1.82, 2.24) is 15.0 Å². The van der Waals surface area contributed by atoms with Crippen LogP contribution in [-0.4, -0.2) is 91.9 Å². The molecule has 6 unspecified atom stereocenters. The van der Waals surface area contributed by atoms with E-state index in [4.69, 9.17) is 19.0 Å². The summed E-state index contributed by atoms with van der Waals surface area (Å²) >= 11 is 0. The Morgan fingerprint density at radius 1 is 1.08 bits per heavy atom. The van der Waals surface area contributed by atoms with E-state index in [0.29, 0.717) is 36.7 Å². The molecule has 1 aromatic carbocycles. The molecule has 2 aliphatic carbocycles. The van der Waals surface area contributed by atoms with Gasteiger partial charge in [-0.25, -0.2) is 14.3 Å². The number of oxime groups is 1. The number of allylic oxidation sites excluding steroid dienone is 1. The van der Waals surface area contributed by atoms with Crippen LogP contribution < -0.4 is 9.47 Å². The second-order valence-corrected chi connectivity index (χ2v) is 12.6. The fourth-order valence-electron chi connectivity index (χ4n) is 7.82. The first-order valence-corrected chi connectivity index (χ1v) is 17.1. The highest BCUT2D eigenvalue weighted by molar-refractivity contribution is 6.03. The molecular formula is C36H46N4O10. The lowest BCUT2D eigenvalue weighted by atomic mass is 9.55. The van der Waals surface area contributed by atoms with Crippen molar-refractivity contribution in [2.24, 2.45) is 22.9 Å². The van der Waals surface area contributed by atoms with Crippen molar-refractivity contribution >= 4 is 17.7 Å². The minimum Gasteiger partial charge on any atom is -0.490 e. The summed E-state index contributed by atoms with van der Waals surface area (Å²) in [5.74, 6) is -4.51. The van der Waals surface area contributed by atoms with Gasteiger partial charge < -0.3 is 39.5 Å². The number of hydrogen-bond donors (Lipinski definition) is 4. The van der Waals surface area contributed by atoms with E-state index < -0.39 is 41.1 Å². The molecule has 0 saturated heterocycles. The third-order valence-electron chi connectivity index (χ3n) is 9.71. The van der Waals surface area contributed by atoms with Crippen LogP contribution in [0.15, 0.2) is 60.3 Å². The number of benzene rings is 1. The molecule has 0 spiro atoms. The monoisotopic (exact) mass is 694 g/mol. The van der Waals surface area contributed by atoms with Crippen LogP contribution >= 0.6 is 0 Å². The fourth-order valence-corrected chi connectivity index (χ4v) is 7.82. The molecule has 1 saturated carbocycles. The number of unbranched alkanes of at least 4 members (excludes halogenated alkanes) is 2. The number of aliphatic hydroxyl groups is 2. The number of aliphatic hydroxyl groups excluding tert-OH is 2. The van der Waals surface area contributed by atoms with Crippen molar-refractivity contribution in [3.8, 4) is 11.5 Å². The molecule has 4 N–H and O–H groups in total. The predicted octanol–water partition coefficient (Wildman–Crippen LogP) is 4.77. The topological polar surface area (TPSA) is 195 Å². The van der Waals surface area contributed by atoms with E-state index in [0.717, 1.165) is 41.5 Å². The third kappa shape index (κ3) is 7.05. The second kappa shape index (κ2) is 16.5. The smallest absolute Gasteiger partial charge is 0.359 e. The molecule has 1 aliphatic heterocycles. The lowest BCUT2D eigenvalue weighted by Crippen LogP contribution is -2.63. The first-order valence-electron chi connectivity index (χ1n) is 17.1. The van der Waals surface area contributed by atoms with Crippen molar-refractivity contribution in [2.45, 2.75) is 69.6 Å². The van der Waals surface area contributed by atoms with Gasteiger partial charge in [0, 0.05) is 31.1 Å². The molecule has 14 nitrogen and oxygen atoms in total. The summed E-state index contributed by atoms with van der Waals surface area (Å²) < 4.78 is 20.7. The van der Waals surface area contributed by atoms with Crippen molar-refractivity contribution in [3.63, 3.8) is 0 Å². The van der Waals surface area contributed by atoms with Gasteiger partial charge in [0.2, 0.25) is 11.5 Å². The average Bonchev–Trinajstić information content (AvgIpc) is 3.56. The maximum Gasteiger partial charge on any atom is 0.359 e. The quantitative estimate of drug-likeness (QED) is 0.0895. The number of fused-ring (bicyclic) bond motifs is 2. The van der Waals surface area contributed by atoms with Crippen LogP contribution in [0.4, 0.5) is 0 Å². The minimum absolute atomic E-state index is 0.0127. The van der Waals surface area contributed by atoms with Gasteiger partial charge in [-0.2, -0.15) is 0 Å². The molecule has 14 heteroatoms. The molecule has 2 aromatic rings. The summed E-state index contributed by atoms with van der Waals surface area (Å²) in [4.78, 5) is 30.5. The standard InChI is InChI=1S/C36H46N4O10/c1-4-17-47-23-13-14-28-26(20-23)30-24(12-8-10-16-42)22(11-7-9-15-41)19-25-27(38-49-6-3)21-29(36(50-28,31(25)30)48-18-5-2)40-33(35(45)46)32(34(43)44)37-39-40/h4-5,13-14,19-20,22,24,29-31,41-42H,1-2,6-12,15-18,21H2,3H3,(H,43,44)(H,45,46). The molecule has 5 rings (SSSR count). The molecule has 0 amide bonds. The van der Waals surface area contributed by atoms with Crippen LogP contribution in [0.5, 0.6) is 11.5 Å². The molecular weight excluding hydrogens is 648 g/mol. The number of nitrogens with zero attached hydrogens (tertiary/aromatic N) is 4. The Bertz CT molecular complexity index is 1620. The maximum absolute atomic E-state index is 12.7. The van der Waals surface area contributed by atoms with E-state index in [1.807, 2.05) is 6.07 Å². The summed E-state index contributed by atoms with van der Waals surface area (Å²) in [5, 5.41) is 52.0. The molecule has 2 heterocycles. The molecule has 6 atom stereocenters. The molecule has 3 aliphatic rings. The summed E-state index contributed by atoms with van der Waals surface area (Å²) in [5.41, 5.74) is 0.867. The first-order chi connectivity index (χ1) is 24.3. The number of aromatic nitrogens is 3. The van der Waals surface area contributed by atoms with Gasteiger partial charge >= 0.3 is 11.9 Å². The van der Waals surface area contributed by atoms with E-state index in [2.05, 4.69) is 34.7 Å². The van der Waals surface area contributed by atoms with Crippen LogP contribution in [-0.2, 0) is 9.57 Å². The SMILES string of the molecule is C=CCOc1ccc2c(c1)C1C(CCCCO)C(CCCCO)C=C3C(=NOCC)CC(n4nnc(C(=O)O)c4C(=O)O)C(OCC=C)(O2)C31. The van der Waals surface area contributed by atoms with Crippen molar-refractivity contribution in [2.75, 3.05) is 33.0 Å². The summed E-state index contributed by atoms with van der Waals surface area (Å²) in [6.45, 7) is 10.1. The van der Waals surface area contributed by atoms with E-state index in [-0.39, 0.29) is 50.6 Å². The number of rotatable bonds is 19. The molecule has 0 bridgehead atoms. The first kappa shape index (κ1) is 36.7. The Morgan fingerprint density at radius 3 is 2.48 bits per heavy atom. The summed E-state index contributed by atoms with van der Waals surface area (Å²) in [7, 11) is 0. The second-order valence-electron chi connectivity index (χ2n) is 12.6. The number of aromatic carboxylic acids is 2. The van der Waals surface area contributed by atoms with E-state index >= 15 is 0 Å². The lowest BCUT2D eigenvalue weighted by molar-refractivity contribution is -0.252. The summed E-state index contributed by atoms with van der Waals surface area (Å²) in [6, 6.07) is 4.47. The fraction of sp³-hybridized carbons (Fsp3) is 0.528. The maximum atomic E-state index is 12.7. The highest BCUT2D eigenvalue weighted by Gasteiger charge is 2.65. The molecule has 1 fully saturated rings. The molecule has 50 heavy (non-hydrogen) atoms. The largest absolute Gasteiger partial charge is 0.490 e. The average molecular weight is 695 g/mol. The highest BCUT2D eigenvalue weighted by Crippen LogP contribution is 2.63. The Hall–Kier alpha value is -4.53. The van der Waals surface area contributed by atoms with Crippen molar-refractivity contribution in [3.05, 3.63) is 72.1 Å². The van der Waals surface area contributed by atoms with E-state index in [9.17, 15) is 30.0 Å². The van der Waals surface area contributed by atoms with Gasteiger partial charge in [-0.3, -0.25) is 0 Å². The number of carboxylic acids is 2. The minimum atomic E-state index is -1.63. The van der Waals surface area contributed by atoms with Gasteiger partial charge in [0.25, 0.3) is 0 Å². The van der Waals surface area contributed by atoms with Gasteiger partial charge in [0.05, 0.1) is 18.2 Å². The Balaban J connectivity index is 1.83. The Labute approximate surface area is 290 Å². The summed E-state index contributed by atoms with van der Waals surface area (Å²) in [6.07, 6.45) is 9.72. The van der Waals surface area contributed by atoms with Gasteiger partial charge in [-0.15, -0.1) is 11.7 Å². The highest BCUT2D eigenvalue weighted by atomic mass is 16.7. The molecule has 1 aromatic heterocycles. The number of carboxylic acid groups (broad SMARTS) is 2. The van der Waals surface area contributed by atoms with Gasteiger partial charge in [0.15, 0.2) is 5.69 Å². The zero-order valence-corrected chi connectivity index (χ0v) is 28.3. The predicted molar refractivity (Wildman–Crippen MR) is 181 cm³/mol. The van der Waals surface area contributed by atoms with Crippen molar-refractivity contribution < 1.29 is 49.1 Å². The van der Waals surface area contributed by atoms with Gasteiger partial charge in [0.1, 0.15) is 30.8 Å². The van der Waals surface area contributed by atoms with Crippen LogP contribution in [0.2, 0.25) is 0 Å². The zero-order chi connectivity index (χ0) is 35.8. The Morgan fingerprint density at radius 2 is 1.82 bits per heavy atom. The van der Waals surface area contributed by atoms with Crippen LogP contribution in [0.25, 0.3) is 0 Å². The normalized spacial score (nSPS) is 25.9.